The fraction of sp³-hybridized carbons (Fsp3) is 0.852. The average Bonchev–Trinajstić information content (AvgIpc) is 2.81. The van der Waals surface area contributed by atoms with Gasteiger partial charge in [0.1, 0.15) is 6.10 Å². The third-order valence-corrected chi connectivity index (χ3v) is 7.40. The van der Waals surface area contributed by atoms with E-state index in [0.29, 0.717) is 18.6 Å². The third kappa shape index (κ3) is 12.1. The Labute approximate surface area is 215 Å². The molecular weight excluding hydrogens is 468 g/mol. The van der Waals surface area contributed by atoms with E-state index < -0.39 is 48.4 Å². The van der Waals surface area contributed by atoms with Crippen LogP contribution < -0.4 is 0 Å². The molecule has 0 aromatic rings. The van der Waals surface area contributed by atoms with Gasteiger partial charge in [-0.2, -0.15) is 0 Å². The second kappa shape index (κ2) is 17.1. The van der Waals surface area contributed by atoms with Gasteiger partial charge in [0, 0.05) is 18.4 Å². The molecule has 1 fully saturated rings. The zero-order chi connectivity index (χ0) is 27.3. The summed E-state index contributed by atoms with van der Waals surface area (Å²) in [5.74, 6) is -1.93. The quantitative estimate of drug-likeness (QED) is 0.112. The molecule has 9 heteroatoms. The molecule has 0 bridgehead atoms. The van der Waals surface area contributed by atoms with E-state index in [1.165, 1.54) is 6.08 Å². The lowest BCUT2D eigenvalue weighted by molar-refractivity contribution is -0.171. The first-order valence-corrected chi connectivity index (χ1v) is 13.3. The first kappa shape index (κ1) is 32.5. The number of ether oxygens (including phenoxy) is 2. The van der Waals surface area contributed by atoms with Crippen LogP contribution in [0.2, 0.25) is 0 Å². The Morgan fingerprint density at radius 1 is 0.972 bits per heavy atom. The minimum absolute atomic E-state index is 0.109. The summed E-state index contributed by atoms with van der Waals surface area (Å²) in [6, 6.07) is 0. The average molecular weight is 517 g/mol. The molecule has 0 radical (unpaired) electrons. The van der Waals surface area contributed by atoms with Crippen molar-refractivity contribution in [3.63, 3.8) is 0 Å². The zero-order valence-corrected chi connectivity index (χ0v) is 22.3. The number of esters is 1. The second-order valence-corrected chi connectivity index (χ2v) is 10.5. The molecule has 1 aliphatic heterocycles. The first-order valence-electron chi connectivity index (χ1n) is 13.3. The third-order valence-electron chi connectivity index (χ3n) is 7.40. The molecule has 1 saturated heterocycles. The molecular formula is C27H48O9. The van der Waals surface area contributed by atoms with Crippen LogP contribution in [-0.4, -0.2) is 81.2 Å². The van der Waals surface area contributed by atoms with E-state index in [1.54, 1.807) is 13.8 Å². The van der Waals surface area contributed by atoms with Gasteiger partial charge in [0.05, 0.1) is 37.6 Å². The molecule has 210 valence electrons. The number of aliphatic carboxylic acids is 1. The Morgan fingerprint density at radius 2 is 1.58 bits per heavy atom. The largest absolute Gasteiger partial charge is 0.481 e. The molecule has 0 amide bonds. The maximum atomic E-state index is 12.1. The van der Waals surface area contributed by atoms with Crippen LogP contribution in [0.15, 0.2) is 11.6 Å². The highest BCUT2D eigenvalue weighted by Crippen LogP contribution is 2.30. The van der Waals surface area contributed by atoms with Gasteiger partial charge in [-0.25, -0.2) is 4.79 Å². The van der Waals surface area contributed by atoms with Crippen LogP contribution in [0.4, 0.5) is 0 Å². The first-order chi connectivity index (χ1) is 16.9. The van der Waals surface area contributed by atoms with Crippen molar-refractivity contribution in [1.29, 1.82) is 0 Å². The van der Waals surface area contributed by atoms with Crippen LogP contribution in [0.5, 0.6) is 0 Å². The zero-order valence-electron chi connectivity index (χ0n) is 22.3. The maximum absolute atomic E-state index is 12.1. The molecule has 2 unspecified atom stereocenters. The van der Waals surface area contributed by atoms with Gasteiger partial charge in [-0.15, -0.1) is 0 Å². The van der Waals surface area contributed by atoms with E-state index in [2.05, 4.69) is 0 Å². The van der Waals surface area contributed by atoms with Crippen molar-refractivity contribution in [2.24, 2.45) is 17.8 Å². The summed E-state index contributed by atoms with van der Waals surface area (Å²) >= 11 is 0. The van der Waals surface area contributed by atoms with Crippen LogP contribution in [0.3, 0.4) is 0 Å². The predicted molar refractivity (Wildman–Crippen MR) is 135 cm³/mol. The van der Waals surface area contributed by atoms with E-state index in [0.717, 1.165) is 32.1 Å². The summed E-state index contributed by atoms with van der Waals surface area (Å²) < 4.78 is 11.0. The van der Waals surface area contributed by atoms with Crippen molar-refractivity contribution in [2.75, 3.05) is 13.2 Å². The van der Waals surface area contributed by atoms with Crippen molar-refractivity contribution in [3.05, 3.63) is 11.6 Å². The maximum Gasteiger partial charge on any atom is 0.330 e. The molecule has 1 heterocycles. The Hall–Kier alpha value is -1.52. The highest BCUT2D eigenvalue weighted by molar-refractivity contribution is 5.82. The Morgan fingerprint density at radius 3 is 2.19 bits per heavy atom. The van der Waals surface area contributed by atoms with Gasteiger partial charge in [0.15, 0.2) is 0 Å². The van der Waals surface area contributed by atoms with Crippen LogP contribution >= 0.6 is 0 Å². The molecule has 0 aromatic heterocycles. The Kier molecular flexibility index (Phi) is 15.4. The molecule has 1 rings (SSSR count). The number of hydrogen-bond acceptors (Lipinski definition) is 8. The SMILES string of the molecule is C/C(=C\C(=O)OCCCCCCCCC(=O)O)C[C@@H]1OC[C@H](CC(O)C(C)[C@@H](C)[C@H](C)O)[C@@H](O)[C@H]1O. The van der Waals surface area contributed by atoms with Gasteiger partial charge in [-0.05, 0) is 51.4 Å². The predicted octanol–water partition coefficient (Wildman–Crippen LogP) is 2.82. The Balaban J connectivity index is 2.34. The van der Waals surface area contributed by atoms with Crippen LogP contribution in [0.1, 0.15) is 85.5 Å². The van der Waals surface area contributed by atoms with E-state index in [1.807, 2.05) is 13.8 Å². The summed E-state index contributed by atoms with van der Waals surface area (Å²) in [7, 11) is 0. The van der Waals surface area contributed by atoms with E-state index in [4.69, 9.17) is 14.6 Å². The van der Waals surface area contributed by atoms with Crippen LogP contribution in [0.25, 0.3) is 0 Å². The number of aliphatic hydroxyl groups excluding tert-OH is 4. The normalized spacial score (nSPS) is 26.2. The molecule has 8 atom stereocenters. The molecule has 1 aliphatic rings. The van der Waals surface area contributed by atoms with E-state index >= 15 is 0 Å². The molecule has 9 nitrogen and oxygen atoms in total. The molecule has 0 aliphatic carbocycles. The number of carbonyl (C=O) groups excluding carboxylic acids is 1. The number of aliphatic hydroxyl groups is 4. The van der Waals surface area contributed by atoms with Gasteiger partial charge in [-0.1, -0.05) is 45.1 Å². The van der Waals surface area contributed by atoms with Gasteiger partial charge in [0.2, 0.25) is 0 Å². The number of hydrogen-bond donors (Lipinski definition) is 5. The summed E-state index contributed by atoms with van der Waals surface area (Å²) in [5.41, 5.74) is 0.674. The van der Waals surface area contributed by atoms with Gasteiger partial charge < -0.3 is 35.0 Å². The monoisotopic (exact) mass is 516 g/mol. The van der Waals surface area contributed by atoms with E-state index in [9.17, 15) is 30.0 Å². The van der Waals surface area contributed by atoms with Gasteiger partial charge in [0.25, 0.3) is 0 Å². The molecule has 0 saturated carbocycles. The van der Waals surface area contributed by atoms with E-state index in [-0.39, 0.29) is 37.7 Å². The lowest BCUT2D eigenvalue weighted by Crippen LogP contribution is -2.51. The minimum Gasteiger partial charge on any atom is -0.481 e. The van der Waals surface area contributed by atoms with Gasteiger partial charge in [-0.3, -0.25) is 4.79 Å². The van der Waals surface area contributed by atoms with Crippen molar-refractivity contribution in [1.82, 2.24) is 0 Å². The summed E-state index contributed by atoms with van der Waals surface area (Å²) in [6.07, 6.45) is 3.14. The fourth-order valence-corrected chi connectivity index (χ4v) is 4.52. The van der Waals surface area contributed by atoms with Crippen molar-refractivity contribution in [2.45, 2.75) is 116 Å². The smallest absolute Gasteiger partial charge is 0.330 e. The number of rotatable bonds is 17. The lowest BCUT2D eigenvalue weighted by Gasteiger charge is -2.39. The number of carboxylic acid groups (broad SMARTS) is 1. The summed E-state index contributed by atoms with van der Waals surface area (Å²) in [6.45, 7) is 7.65. The lowest BCUT2D eigenvalue weighted by atomic mass is 9.80. The van der Waals surface area contributed by atoms with Crippen LogP contribution in [-0.2, 0) is 19.1 Å². The standard InChI is InChI=1S/C27H48O9/c1-17(14-25(32)35-12-10-8-6-5-7-9-11-24(30)31)13-23-27(34)26(33)21(16-36-23)15-22(29)19(3)18(2)20(4)28/h14,18-23,26-29,33-34H,5-13,15-16H2,1-4H3,(H,30,31)/b17-14+/t18-,19?,20+,21+,22?,23+,26-,27+/m1/s1. The van der Waals surface area contributed by atoms with Crippen molar-refractivity contribution in [3.8, 4) is 0 Å². The number of carbonyl (C=O) groups is 2. The summed E-state index contributed by atoms with van der Waals surface area (Å²) in [4.78, 5) is 22.5. The molecule has 0 aromatic carbocycles. The second-order valence-electron chi connectivity index (χ2n) is 10.5. The minimum atomic E-state index is -1.14. The molecule has 5 N–H and O–H groups in total. The number of carboxylic acids is 1. The van der Waals surface area contributed by atoms with Crippen molar-refractivity contribution < 1.29 is 44.6 Å². The van der Waals surface area contributed by atoms with Gasteiger partial charge >= 0.3 is 11.9 Å². The Bertz CT molecular complexity index is 678. The topological polar surface area (TPSA) is 154 Å². The molecule has 36 heavy (non-hydrogen) atoms. The fourth-order valence-electron chi connectivity index (χ4n) is 4.52. The van der Waals surface area contributed by atoms with Crippen LogP contribution in [0, 0.1) is 17.8 Å². The number of unbranched alkanes of at least 4 members (excludes halogenated alkanes) is 5. The summed E-state index contributed by atoms with van der Waals surface area (Å²) in [5, 5.41) is 50.1. The highest BCUT2D eigenvalue weighted by Gasteiger charge is 2.40. The molecule has 0 spiro atoms. The van der Waals surface area contributed by atoms with Crippen molar-refractivity contribution >= 4 is 11.9 Å². The highest BCUT2D eigenvalue weighted by atomic mass is 16.5.